The van der Waals surface area contributed by atoms with E-state index in [-0.39, 0.29) is 0 Å². The van der Waals surface area contributed by atoms with Gasteiger partial charge < -0.3 is 4.42 Å². The fraction of sp³-hybridized carbons (Fsp3) is 0.111. The van der Waals surface area contributed by atoms with Gasteiger partial charge in [-0.2, -0.15) is 0 Å². The Morgan fingerprint density at radius 3 is 1.70 bits per heavy atom. The van der Waals surface area contributed by atoms with Crippen LogP contribution < -0.4 is 0 Å². The van der Waals surface area contributed by atoms with Gasteiger partial charge in [-0.1, -0.05) is 24.3 Å². The molecular formula is C9H10O. The second-order valence-corrected chi connectivity index (χ2v) is 1.89. The molecule has 1 aliphatic rings. The lowest BCUT2D eigenvalue weighted by Crippen LogP contribution is -1.37. The number of rotatable bonds is 0. The van der Waals surface area contributed by atoms with Crippen LogP contribution in [0.25, 0.3) is 0 Å². The highest BCUT2D eigenvalue weighted by Crippen LogP contribution is 1.93. The predicted molar refractivity (Wildman–Crippen MR) is 41.6 cm³/mol. The summed E-state index contributed by atoms with van der Waals surface area (Å²) in [5.41, 5.74) is 0. The highest BCUT2D eigenvalue weighted by molar-refractivity contribution is 5.11. The Hall–Kier alpha value is -1.24. The molecule has 1 aromatic heterocycles. The molecule has 0 bridgehead atoms. The highest BCUT2D eigenvalue weighted by Gasteiger charge is 1.72. The van der Waals surface area contributed by atoms with E-state index in [1.54, 1.807) is 12.5 Å². The second kappa shape index (κ2) is 4.62. The van der Waals surface area contributed by atoms with Crippen LogP contribution in [0, 0.1) is 0 Å². The van der Waals surface area contributed by atoms with Gasteiger partial charge in [0.05, 0.1) is 12.5 Å². The first-order valence-corrected chi connectivity index (χ1v) is 3.29. The van der Waals surface area contributed by atoms with Gasteiger partial charge in [0.1, 0.15) is 0 Å². The molecule has 0 aromatic carbocycles. The molecule has 0 radical (unpaired) electrons. The van der Waals surface area contributed by atoms with Crippen molar-refractivity contribution >= 4 is 0 Å². The van der Waals surface area contributed by atoms with Gasteiger partial charge in [-0.25, -0.2) is 0 Å². The van der Waals surface area contributed by atoms with Gasteiger partial charge in [-0.15, -0.1) is 0 Å². The first kappa shape index (κ1) is 6.87. The smallest absolute Gasteiger partial charge is 0.0902 e. The third kappa shape index (κ3) is 2.92. The SMILES string of the molecule is C1=CCC=C1.c1ccoc1. The lowest BCUT2D eigenvalue weighted by atomic mass is 10.5. The predicted octanol–water partition coefficient (Wildman–Crippen LogP) is 2.78. The maximum atomic E-state index is 4.58. The summed E-state index contributed by atoms with van der Waals surface area (Å²) in [7, 11) is 0. The molecule has 0 atom stereocenters. The van der Waals surface area contributed by atoms with E-state index in [0.717, 1.165) is 6.42 Å². The van der Waals surface area contributed by atoms with Crippen molar-refractivity contribution in [1.29, 1.82) is 0 Å². The third-order valence-electron chi connectivity index (χ3n) is 1.08. The van der Waals surface area contributed by atoms with Gasteiger partial charge in [0, 0.05) is 0 Å². The lowest BCUT2D eigenvalue weighted by molar-refractivity contribution is 0.567. The molecule has 0 spiro atoms. The summed E-state index contributed by atoms with van der Waals surface area (Å²) in [6.45, 7) is 0. The Morgan fingerprint density at radius 2 is 1.50 bits per heavy atom. The van der Waals surface area contributed by atoms with Crippen LogP contribution in [0.2, 0.25) is 0 Å². The molecule has 0 unspecified atom stereocenters. The van der Waals surface area contributed by atoms with Gasteiger partial charge >= 0.3 is 0 Å². The molecule has 10 heavy (non-hydrogen) atoms. The van der Waals surface area contributed by atoms with E-state index in [0.29, 0.717) is 0 Å². The number of allylic oxidation sites excluding steroid dienone is 4. The van der Waals surface area contributed by atoms with Crippen LogP contribution in [0.4, 0.5) is 0 Å². The standard InChI is InChI=1S/C5H6.C4H4O/c2*1-2-4-5-3-1/h1-4H,5H2;1-4H. The first-order valence-electron chi connectivity index (χ1n) is 3.29. The average Bonchev–Trinajstić information content (AvgIpc) is 2.67. The van der Waals surface area contributed by atoms with Crippen LogP contribution >= 0.6 is 0 Å². The third-order valence-corrected chi connectivity index (χ3v) is 1.08. The Balaban J connectivity index is 0.0000001000. The van der Waals surface area contributed by atoms with E-state index in [1.165, 1.54) is 0 Å². The summed E-state index contributed by atoms with van der Waals surface area (Å²) in [5, 5.41) is 0. The van der Waals surface area contributed by atoms with Gasteiger partial charge in [0.2, 0.25) is 0 Å². The van der Waals surface area contributed by atoms with Crippen LogP contribution in [-0.4, -0.2) is 0 Å². The van der Waals surface area contributed by atoms with Crippen molar-refractivity contribution in [2.75, 3.05) is 0 Å². The van der Waals surface area contributed by atoms with Crippen LogP contribution in [-0.2, 0) is 0 Å². The number of furan rings is 1. The zero-order valence-corrected chi connectivity index (χ0v) is 5.73. The van der Waals surface area contributed by atoms with E-state index in [1.807, 2.05) is 12.1 Å². The summed E-state index contributed by atoms with van der Waals surface area (Å²) in [6, 6.07) is 3.67. The van der Waals surface area contributed by atoms with Gasteiger partial charge in [0.25, 0.3) is 0 Å². The van der Waals surface area contributed by atoms with Crippen LogP contribution in [0.3, 0.4) is 0 Å². The molecule has 0 fully saturated rings. The molecule has 52 valence electrons. The Labute approximate surface area is 60.7 Å². The molecule has 0 aliphatic heterocycles. The van der Waals surface area contributed by atoms with E-state index >= 15 is 0 Å². The zero-order chi connectivity index (χ0) is 7.07. The lowest BCUT2D eigenvalue weighted by Gasteiger charge is -1.57. The Bertz CT molecular complexity index is 167. The fourth-order valence-electron chi connectivity index (χ4n) is 0.620. The minimum absolute atomic E-state index is 1.14. The molecule has 1 aliphatic carbocycles. The van der Waals surface area contributed by atoms with Crippen LogP contribution in [0.5, 0.6) is 0 Å². The van der Waals surface area contributed by atoms with Crippen molar-refractivity contribution in [2.45, 2.75) is 6.42 Å². The van der Waals surface area contributed by atoms with Crippen molar-refractivity contribution in [2.24, 2.45) is 0 Å². The maximum absolute atomic E-state index is 4.58. The normalized spacial score (nSPS) is 12.8. The first-order chi connectivity index (χ1) is 5.00. The monoisotopic (exact) mass is 134 g/mol. The van der Waals surface area contributed by atoms with Gasteiger partial charge in [-0.3, -0.25) is 0 Å². The molecule has 0 amide bonds. The summed E-state index contributed by atoms with van der Waals surface area (Å²) in [5.74, 6) is 0. The van der Waals surface area contributed by atoms with Crippen molar-refractivity contribution in [3.05, 3.63) is 49.0 Å². The van der Waals surface area contributed by atoms with Gasteiger partial charge in [-0.05, 0) is 18.6 Å². The molecule has 0 saturated carbocycles. The number of hydrogen-bond donors (Lipinski definition) is 0. The van der Waals surface area contributed by atoms with Crippen molar-refractivity contribution in [3.8, 4) is 0 Å². The second-order valence-electron chi connectivity index (χ2n) is 1.89. The minimum atomic E-state index is 1.14. The number of hydrogen-bond acceptors (Lipinski definition) is 1. The minimum Gasteiger partial charge on any atom is -0.473 e. The summed E-state index contributed by atoms with van der Waals surface area (Å²) < 4.78 is 4.58. The van der Waals surface area contributed by atoms with Crippen LogP contribution in [0.1, 0.15) is 6.42 Å². The van der Waals surface area contributed by atoms with Crippen molar-refractivity contribution < 1.29 is 4.42 Å². The molecule has 0 N–H and O–H groups in total. The molecular weight excluding hydrogens is 124 g/mol. The van der Waals surface area contributed by atoms with E-state index in [2.05, 4.69) is 28.7 Å². The summed E-state index contributed by atoms with van der Waals surface area (Å²) in [4.78, 5) is 0. The van der Waals surface area contributed by atoms with E-state index in [4.69, 9.17) is 0 Å². The summed E-state index contributed by atoms with van der Waals surface area (Å²) in [6.07, 6.45) is 12.8. The summed E-state index contributed by atoms with van der Waals surface area (Å²) >= 11 is 0. The molecule has 1 heteroatoms. The van der Waals surface area contributed by atoms with Crippen molar-refractivity contribution in [3.63, 3.8) is 0 Å². The zero-order valence-electron chi connectivity index (χ0n) is 5.73. The highest BCUT2D eigenvalue weighted by atomic mass is 16.3. The molecule has 1 heterocycles. The van der Waals surface area contributed by atoms with E-state index in [9.17, 15) is 0 Å². The van der Waals surface area contributed by atoms with Gasteiger partial charge in [0.15, 0.2) is 0 Å². The topological polar surface area (TPSA) is 13.1 Å². The molecule has 1 nitrogen and oxygen atoms in total. The quantitative estimate of drug-likeness (QED) is 0.531. The van der Waals surface area contributed by atoms with Crippen LogP contribution in [0.15, 0.2) is 53.4 Å². The molecule has 1 aromatic rings. The van der Waals surface area contributed by atoms with Crippen molar-refractivity contribution in [1.82, 2.24) is 0 Å². The fourth-order valence-corrected chi connectivity index (χ4v) is 0.620. The largest absolute Gasteiger partial charge is 0.473 e. The Kier molecular flexibility index (Phi) is 3.18. The molecule has 0 saturated heterocycles. The average molecular weight is 134 g/mol. The van der Waals surface area contributed by atoms with E-state index < -0.39 is 0 Å². The Morgan fingerprint density at radius 1 is 0.900 bits per heavy atom. The maximum Gasteiger partial charge on any atom is 0.0902 e. The molecule has 2 rings (SSSR count).